The van der Waals surface area contributed by atoms with Gasteiger partial charge in [-0.25, -0.2) is 0 Å². The molecule has 0 bridgehead atoms. The average Bonchev–Trinajstić information content (AvgIpc) is 2.33. The van der Waals surface area contributed by atoms with Gasteiger partial charge in [0.1, 0.15) is 0 Å². The minimum absolute atomic E-state index is 0.142. The monoisotopic (exact) mass is 359 g/mol. The van der Waals surface area contributed by atoms with E-state index in [0.29, 0.717) is 10.7 Å². The van der Waals surface area contributed by atoms with Crippen LogP contribution in [-0.2, 0) is 0 Å². The highest BCUT2D eigenvalue weighted by molar-refractivity contribution is 9.10. The Morgan fingerprint density at radius 1 is 1.35 bits per heavy atom. The van der Waals surface area contributed by atoms with Gasteiger partial charge in [0.25, 0.3) is 5.91 Å². The van der Waals surface area contributed by atoms with Crippen LogP contribution in [0.15, 0.2) is 28.7 Å². The summed E-state index contributed by atoms with van der Waals surface area (Å²) < 4.78 is 1.00. The number of hydrogen-bond donors (Lipinski definition) is 0. The molecule has 0 N–H and O–H groups in total. The lowest BCUT2D eigenvalue weighted by Gasteiger charge is -2.34. The third-order valence-corrected chi connectivity index (χ3v) is 5.07. The zero-order chi connectivity index (χ0) is 12.4. The Labute approximate surface area is 119 Å². The number of piperidine rings is 1. The largest absolute Gasteiger partial charge is 0.338 e. The molecule has 1 aliphatic rings. The SMILES string of the molecule is CC1CN(C(=O)c2ccc(Br)cc2)CCC1Br. The Kier molecular flexibility index (Phi) is 4.26. The fraction of sp³-hybridized carbons (Fsp3) is 0.462. The van der Waals surface area contributed by atoms with Crippen molar-refractivity contribution in [2.24, 2.45) is 5.92 Å². The maximum Gasteiger partial charge on any atom is 0.253 e. The molecule has 17 heavy (non-hydrogen) atoms. The van der Waals surface area contributed by atoms with Crippen LogP contribution >= 0.6 is 31.9 Å². The maximum atomic E-state index is 12.3. The van der Waals surface area contributed by atoms with Crippen molar-refractivity contribution in [1.82, 2.24) is 4.90 Å². The van der Waals surface area contributed by atoms with Crippen molar-refractivity contribution in [3.63, 3.8) is 0 Å². The summed E-state index contributed by atoms with van der Waals surface area (Å²) in [5, 5.41) is 0. The van der Waals surface area contributed by atoms with Gasteiger partial charge in [-0.2, -0.15) is 0 Å². The molecule has 0 saturated carbocycles. The molecular formula is C13H15Br2NO. The molecule has 2 rings (SSSR count). The Morgan fingerprint density at radius 2 is 2.00 bits per heavy atom. The minimum atomic E-state index is 0.142. The van der Waals surface area contributed by atoms with Crippen LogP contribution in [0, 0.1) is 5.92 Å². The van der Waals surface area contributed by atoms with Gasteiger partial charge in [0, 0.05) is 28.0 Å². The molecule has 1 amide bonds. The Balaban J connectivity index is 2.08. The second-order valence-corrected chi connectivity index (χ2v) is 6.63. The van der Waals surface area contributed by atoms with Gasteiger partial charge in [-0.15, -0.1) is 0 Å². The van der Waals surface area contributed by atoms with Gasteiger partial charge in [0.05, 0.1) is 0 Å². The Morgan fingerprint density at radius 3 is 2.59 bits per heavy atom. The van der Waals surface area contributed by atoms with E-state index in [1.165, 1.54) is 0 Å². The third-order valence-electron chi connectivity index (χ3n) is 3.18. The number of likely N-dealkylation sites (tertiary alicyclic amines) is 1. The molecule has 1 aromatic carbocycles. The number of alkyl halides is 1. The van der Waals surface area contributed by atoms with Crippen LogP contribution in [0.3, 0.4) is 0 Å². The molecule has 2 unspecified atom stereocenters. The lowest BCUT2D eigenvalue weighted by atomic mass is 9.99. The number of carbonyl (C=O) groups is 1. The summed E-state index contributed by atoms with van der Waals surface area (Å²) in [5.41, 5.74) is 0.772. The number of hydrogen-bond acceptors (Lipinski definition) is 1. The molecule has 2 nitrogen and oxygen atoms in total. The number of amides is 1. The van der Waals surface area contributed by atoms with Gasteiger partial charge in [-0.1, -0.05) is 38.8 Å². The first kappa shape index (κ1) is 13.1. The van der Waals surface area contributed by atoms with Crippen LogP contribution in [0.5, 0.6) is 0 Å². The quantitative estimate of drug-likeness (QED) is 0.699. The average molecular weight is 361 g/mol. The molecule has 4 heteroatoms. The third kappa shape index (κ3) is 3.10. The van der Waals surface area contributed by atoms with Crippen molar-refractivity contribution < 1.29 is 4.79 Å². The van der Waals surface area contributed by atoms with Crippen molar-refractivity contribution in [3.8, 4) is 0 Å². The van der Waals surface area contributed by atoms with Crippen molar-refractivity contribution in [3.05, 3.63) is 34.3 Å². The highest BCUT2D eigenvalue weighted by Gasteiger charge is 2.27. The number of nitrogens with zero attached hydrogens (tertiary/aromatic N) is 1. The molecule has 92 valence electrons. The second-order valence-electron chi connectivity index (χ2n) is 4.54. The summed E-state index contributed by atoms with van der Waals surface area (Å²) in [7, 11) is 0. The molecule has 1 aromatic rings. The van der Waals surface area contributed by atoms with Gasteiger partial charge in [0.15, 0.2) is 0 Å². The summed E-state index contributed by atoms with van der Waals surface area (Å²) in [6.45, 7) is 3.86. The Hall–Kier alpha value is -0.350. The van der Waals surface area contributed by atoms with Crippen LogP contribution in [0.4, 0.5) is 0 Å². The first-order valence-electron chi connectivity index (χ1n) is 5.77. The fourth-order valence-electron chi connectivity index (χ4n) is 2.08. The molecular weight excluding hydrogens is 346 g/mol. The zero-order valence-electron chi connectivity index (χ0n) is 9.70. The summed E-state index contributed by atoms with van der Waals surface area (Å²) in [4.78, 5) is 14.7. The topological polar surface area (TPSA) is 20.3 Å². The fourth-order valence-corrected chi connectivity index (χ4v) is 2.71. The van der Waals surface area contributed by atoms with E-state index in [1.54, 1.807) is 0 Å². The van der Waals surface area contributed by atoms with E-state index in [4.69, 9.17) is 0 Å². The summed E-state index contributed by atoms with van der Waals surface area (Å²) in [6, 6.07) is 7.57. The first-order chi connectivity index (χ1) is 8.08. The predicted octanol–water partition coefficient (Wildman–Crippen LogP) is 3.69. The lowest BCUT2D eigenvalue weighted by molar-refractivity contribution is 0.0690. The van der Waals surface area contributed by atoms with Crippen molar-refractivity contribution in [2.75, 3.05) is 13.1 Å². The molecule has 0 aliphatic carbocycles. The number of halogens is 2. The van der Waals surface area contributed by atoms with Crippen LogP contribution in [0.2, 0.25) is 0 Å². The van der Waals surface area contributed by atoms with Crippen LogP contribution in [0.1, 0.15) is 23.7 Å². The molecule has 0 spiro atoms. The van der Waals surface area contributed by atoms with Gasteiger partial charge >= 0.3 is 0 Å². The first-order valence-corrected chi connectivity index (χ1v) is 7.47. The van der Waals surface area contributed by atoms with E-state index in [0.717, 1.165) is 29.5 Å². The standard InChI is InChI=1S/C13H15Br2NO/c1-9-8-16(7-6-12(9)15)13(17)10-2-4-11(14)5-3-10/h2-5,9,12H,6-8H2,1H3. The van der Waals surface area contributed by atoms with E-state index < -0.39 is 0 Å². The van der Waals surface area contributed by atoms with Crippen molar-refractivity contribution in [1.29, 1.82) is 0 Å². The zero-order valence-corrected chi connectivity index (χ0v) is 12.9. The van der Waals surface area contributed by atoms with E-state index in [9.17, 15) is 4.79 Å². The smallest absolute Gasteiger partial charge is 0.253 e. The van der Waals surface area contributed by atoms with Gasteiger partial charge < -0.3 is 4.90 Å². The molecule has 2 atom stereocenters. The molecule has 0 radical (unpaired) electrons. The number of carbonyl (C=O) groups excluding carboxylic acids is 1. The highest BCUT2D eigenvalue weighted by Crippen LogP contribution is 2.24. The van der Waals surface area contributed by atoms with Crippen molar-refractivity contribution in [2.45, 2.75) is 18.2 Å². The van der Waals surface area contributed by atoms with Gasteiger partial charge in [-0.05, 0) is 36.6 Å². The van der Waals surface area contributed by atoms with E-state index >= 15 is 0 Å². The predicted molar refractivity (Wildman–Crippen MR) is 76.5 cm³/mol. The molecule has 1 fully saturated rings. The molecule has 1 saturated heterocycles. The normalized spacial score (nSPS) is 24.8. The highest BCUT2D eigenvalue weighted by atomic mass is 79.9. The Bertz CT molecular complexity index is 404. The summed E-state index contributed by atoms with van der Waals surface area (Å²) in [6.07, 6.45) is 1.03. The molecule has 0 aromatic heterocycles. The number of benzene rings is 1. The van der Waals surface area contributed by atoms with Crippen LogP contribution in [0.25, 0.3) is 0 Å². The second kappa shape index (κ2) is 5.53. The number of rotatable bonds is 1. The minimum Gasteiger partial charge on any atom is -0.338 e. The van der Waals surface area contributed by atoms with E-state index in [2.05, 4.69) is 38.8 Å². The van der Waals surface area contributed by atoms with Crippen molar-refractivity contribution >= 4 is 37.8 Å². The van der Waals surface area contributed by atoms with Crippen LogP contribution in [-0.4, -0.2) is 28.7 Å². The summed E-state index contributed by atoms with van der Waals surface area (Å²) >= 11 is 7.03. The van der Waals surface area contributed by atoms with Gasteiger partial charge in [-0.3, -0.25) is 4.79 Å². The lowest BCUT2D eigenvalue weighted by Crippen LogP contribution is -2.43. The van der Waals surface area contributed by atoms with E-state index in [-0.39, 0.29) is 5.91 Å². The summed E-state index contributed by atoms with van der Waals surface area (Å²) in [5.74, 6) is 0.659. The molecule has 1 heterocycles. The maximum absolute atomic E-state index is 12.3. The van der Waals surface area contributed by atoms with E-state index in [1.807, 2.05) is 29.2 Å². The van der Waals surface area contributed by atoms with Crippen LogP contribution < -0.4 is 0 Å². The molecule has 1 aliphatic heterocycles. The van der Waals surface area contributed by atoms with Gasteiger partial charge in [0.2, 0.25) is 0 Å².